The molecule has 2 aliphatic rings. The molecule has 4 heterocycles. The molecule has 0 aromatic carbocycles. The Labute approximate surface area is 213 Å². The van der Waals surface area contributed by atoms with E-state index in [1.165, 1.54) is 11.3 Å². The van der Waals surface area contributed by atoms with Crippen molar-refractivity contribution in [2.24, 2.45) is 5.92 Å². The second-order valence-electron chi connectivity index (χ2n) is 10.2. The fourth-order valence-electron chi connectivity index (χ4n) is 5.21. The number of pyridine rings is 1. The molecule has 36 heavy (non-hydrogen) atoms. The molecule has 3 aromatic heterocycles. The quantitative estimate of drug-likeness (QED) is 0.462. The number of aryl methyl sites for hydroxylation is 1. The number of nitrogens with zero attached hydrogens (tertiary/aromatic N) is 4. The van der Waals surface area contributed by atoms with Crippen molar-refractivity contribution in [1.82, 2.24) is 24.6 Å². The highest BCUT2D eigenvalue weighted by molar-refractivity contribution is 7.13. The van der Waals surface area contributed by atoms with Crippen LogP contribution in [0.15, 0.2) is 24.4 Å². The van der Waals surface area contributed by atoms with E-state index in [0.29, 0.717) is 16.8 Å². The van der Waals surface area contributed by atoms with Gasteiger partial charge in [0.1, 0.15) is 11.3 Å². The highest BCUT2D eigenvalue weighted by atomic mass is 32.1. The lowest BCUT2D eigenvalue weighted by molar-refractivity contribution is -0.0230. The van der Waals surface area contributed by atoms with Crippen molar-refractivity contribution in [3.05, 3.63) is 46.4 Å². The van der Waals surface area contributed by atoms with Gasteiger partial charge < -0.3 is 10.1 Å². The Hall–Kier alpha value is -2.59. The summed E-state index contributed by atoms with van der Waals surface area (Å²) in [5.74, 6) is -2.24. The standard InChI is InChI=1S/C26H33F2N5O2S/c1-17-14-33-21(4-3-5-23(33)29-17)24(34)30-19-8-6-18(7-9-19)10-12-32-13-11-22-20(15-32)31-25(36-22)35-16-26(2,27)28/h3-5,14,18-19H,6-13,15-16H2,1-2H3,(H,30,34)/t18-,19-. The zero-order valence-corrected chi connectivity index (χ0v) is 21.6. The number of carbonyl (C=O) groups excluding carboxylic acids is 1. The second-order valence-corrected chi connectivity index (χ2v) is 11.3. The molecule has 1 aliphatic carbocycles. The molecule has 0 bridgehead atoms. The van der Waals surface area contributed by atoms with Crippen LogP contribution < -0.4 is 10.1 Å². The van der Waals surface area contributed by atoms with Crippen LogP contribution >= 0.6 is 11.3 Å². The number of alkyl halides is 2. The summed E-state index contributed by atoms with van der Waals surface area (Å²) >= 11 is 1.40. The molecular formula is C26H33F2N5O2S. The number of thiazole rings is 1. The Bertz CT molecular complexity index is 1210. The number of halogens is 2. The SMILES string of the molecule is Cc1cn2c(C(=O)N[C@H]3CC[C@H](CCN4CCc5sc(OCC(C)(F)F)nc5C4)CC3)cccc2n1. The lowest BCUT2D eigenvalue weighted by Gasteiger charge is -2.32. The molecule has 0 unspecified atom stereocenters. The Morgan fingerprint density at radius 3 is 2.83 bits per heavy atom. The molecule has 5 rings (SSSR count). The van der Waals surface area contributed by atoms with Crippen LogP contribution in [-0.4, -0.2) is 56.8 Å². The summed E-state index contributed by atoms with van der Waals surface area (Å²) < 4.78 is 33.2. The van der Waals surface area contributed by atoms with Crippen LogP contribution in [0.4, 0.5) is 8.78 Å². The normalized spacial score (nSPS) is 20.9. The van der Waals surface area contributed by atoms with Gasteiger partial charge in [-0.25, -0.2) is 18.7 Å². The Kier molecular flexibility index (Phi) is 7.25. The number of carbonyl (C=O) groups is 1. The minimum atomic E-state index is -2.85. The van der Waals surface area contributed by atoms with Gasteiger partial charge in [-0.05, 0) is 70.0 Å². The minimum absolute atomic E-state index is 0.0418. The maximum absolute atomic E-state index is 13.1. The van der Waals surface area contributed by atoms with E-state index < -0.39 is 12.5 Å². The highest BCUT2D eigenvalue weighted by Crippen LogP contribution is 2.32. The summed E-state index contributed by atoms with van der Waals surface area (Å²) in [6, 6.07) is 5.83. The lowest BCUT2D eigenvalue weighted by Crippen LogP contribution is -2.39. The first kappa shape index (κ1) is 25.1. The number of imidazole rings is 1. The van der Waals surface area contributed by atoms with E-state index in [1.54, 1.807) is 0 Å². The number of hydrogen-bond donors (Lipinski definition) is 1. The van der Waals surface area contributed by atoms with Crippen LogP contribution in [0.3, 0.4) is 0 Å². The number of hydrogen-bond acceptors (Lipinski definition) is 6. The molecular weight excluding hydrogens is 484 g/mol. The Balaban J connectivity index is 1.06. The van der Waals surface area contributed by atoms with Gasteiger partial charge in [0.15, 0.2) is 6.61 Å². The van der Waals surface area contributed by atoms with Crippen molar-refractivity contribution in [3.63, 3.8) is 0 Å². The molecule has 1 aliphatic heterocycles. The minimum Gasteiger partial charge on any atom is -0.464 e. The fourth-order valence-corrected chi connectivity index (χ4v) is 6.11. The zero-order chi connectivity index (χ0) is 25.3. The third kappa shape index (κ3) is 6.03. The summed E-state index contributed by atoms with van der Waals surface area (Å²) in [6.45, 7) is 4.87. The molecule has 1 saturated carbocycles. The second kappa shape index (κ2) is 10.4. The van der Waals surface area contributed by atoms with Gasteiger partial charge in [-0.15, -0.1) is 0 Å². The maximum atomic E-state index is 13.1. The third-order valence-corrected chi connectivity index (χ3v) is 8.19. The summed E-state index contributed by atoms with van der Waals surface area (Å²) in [7, 11) is 0. The number of nitrogens with one attached hydrogen (secondary N) is 1. The molecule has 194 valence electrons. The van der Waals surface area contributed by atoms with Gasteiger partial charge in [-0.3, -0.25) is 14.1 Å². The first-order valence-corrected chi connectivity index (χ1v) is 13.5. The van der Waals surface area contributed by atoms with Gasteiger partial charge in [-0.1, -0.05) is 17.4 Å². The van der Waals surface area contributed by atoms with E-state index in [4.69, 9.17) is 4.74 Å². The monoisotopic (exact) mass is 517 g/mol. The average molecular weight is 518 g/mol. The average Bonchev–Trinajstić information content (AvgIpc) is 3.43. The van der Waals surface area contributed by atoms with Crippen molar-refractivity contribution in [1.29, 1.82) is 0 Å². The summed E-state index contributed by atoms with van der Waals surface area (Å²) in [5, 5.41) is 3.58. The van der Waals surface area contributed by atoms with Crippen LogP contribution in [0.25, 0.3) is 5.65 Å². The molecule has 1 N–H and O–H groups in total. The van der Waals surface area contributed by atoms with E-state index in [0.717, 1.165) is 87.0 Å². The summed E-state index contributed by atoms with van der Waals surface area (Å²) in [5.41, 5.74) is 3.27. The lowest BCUT2D eigenvalue weighted by atomic mass is 9.84. The van der Waals surface area contributed by atoms with Crippen LogP contribution in [0.5, 0.6) is 5.19 Å². The van der Waals surface area contributed by atoms with E-state index in [2.05, 4.69) is 20.2 Å². The Morgan fingerprint density at radius 1 is 1.25 bits per heavy atom. The molecule has 10 heteroatoms. The third-order valence-electron chi connectivity index (χ3n) is 7.12. The molecule has 7 nitrogen and oxygen atoms in total. The topological polar surface area (TPSA) is 71.8 Å². The van der Waals surface area contributed by atoms with Crippen LogP contribution in [0.2, 0.25) is 0 Å². The maximum Gasteiger partial charge on any atom is 0.278 e. The molecule has 0 radical (unpaired) electrons. The first-order chi connectivity index (χ1) is 17.2. The van der Waals surface area contributed by atoms with E-state index in [-0.39, 0.29) is 11.9 Å². The molecule has 0 spiro atoms. The van der Waals surface area contributed by atoms with Gasteiger partial charge in [0.2, 0.25) is 0 Å². The molecule has 1 fully saturated rings. The van der Waals surface area contributed by atoms with Crippen LogP contribution in [0, 0.1) is 12.8 Å². The smallest absolute Gasteiger partial charge is 0.278 e. The van der Waals surface area contributed by atoms with Crippen molar-refractivity contribution < 1.29 is 18.3 Å². The van der Waals surface area contributed by atoms with E-state index in [9.17, 15) is 13.6 Å². The highest BCUT2D eigenvalue weighted by Gasteiger charge is 2.27. The first-order valence-electron chi connectivity index (χ1n) is 12.7. The number of fused-ring (bicyclic) bond motifs is 2. The number of aromatic nitrogens is 3. The predicted molar refractivity (Wildman–Crippen MR) is 135 cm³/mol. The number of amides is 1. The van der Waals surface area contributed by atoms with Crippen molar-refractivity contribution >= 4 is 22.9 Å². The predicted octanol–water partition coefficient (Wildman–Crippen LogP) is 4.87. The van der Waals surface area contributed by atoms with Gasteiger partial charge >= 0.3 is 0 Å². The van der Waals surface area contributed by atoms with Crippen LogP contribution in [-0.2, 0) is 13.0 Å². The van der Waals surface area contributed by atoms with E-state index in [1.807, 2.05) is 35.7 Å². The molecule has 1 amide bonds. The van der Waals surface area contributed by atoms with Gasteiger partial charge in [0, 0.05) is 37.1 Å². The Morgan fingerprint density at radius 2 is 2.06 bits per heavy atom. The van der Waals surface area contributed by atoms with Crippen molar-refractivity contribution in [2.75, 3.05) is 19.7 Å². The van der Waals surface area contributed by atoms with Gasteiger partial charge in [0.05, 0.1) is 11.4 Å². The summed E-state index contributed by atoms with van der Waals surface area (Å²) in [6.07, 6.45) is 8.12. The van der Waals surface area contributed by atoms with Crippen LogP contribution in [0.1, 0.15) is 65.8 Å². The molecule has 0 atom stereocenters. The molecule has 3 aromatic rings. The van der Waals surface area contributed by atoms with Crippen molar-refractivity contribution in [3.8, 4) is 5.19 Å². The number of rotatable bonds is 8. The van der Waals surface area contributed by atoms with Gasteiger partial charge in [-0.2, -0.15) is 0 Å². The molecule has 0 saturated heterocycles. The summed E-state index contributed by atoms with van der Waals surface area (Å²) in [4.78, 5) is 25.4. The number of ether oxygens (including phenoxy) is 1. The van der Waals surface area contributed by atoms with Gasteiger partial charge in [0.25, 0.3) is 17.0 Å². The van der Waals surface area contributed by atoms with E-state index >= 15 is 0 Å². The fraction of sp³-hybridized carbons (Fsp3) is 0.577. The zero-order valence-electron chi connectivity index (χ0n) is 20.8. The van der Waals surface area contributed by atoms with Crippen molar-refractivity contribution in [2.45, 2.75) is 70.9 Å². The largest absolute Gasteiger partial charge is 0.464 e.